The van der Waals surface area contributed by atoms with E-state index in [1.54, 1.807) is 18.3 Å². The molecule has 1 aliphatic heterocycles. The summed E-state index contributed by atoms with van der Waals surface area (Å²) in [5, 5.41) is 7.89. The number of nitrogen functional groups attached to an aromatic ring is 1. The quantitative estimate of drug-likeness (QED) is 0.655. The highest BCUT2D eigenvalue weighted by Crippen LogP contribution is 2.39. The maximum absolute atomic E-state index is 12.4. The Morgan fingerprint density at radius 1 is 1.29 bits per heavy atom. The Morgan fingerprint density at radius 2 is 2.11 bits per heavy atom. The monoisotopic (exact) mass is 395 g/mol. The van der Waals surface area contributed by atoms with Gasteiger partial charge in [0.15, 0.2) is 0 Å². The summed E-state index contributed by atoms with van der Waals surface area (Å²) in [5.74, 6) is 0.304. The van der Waals surface area contributed by atoms with Crippen LogP contribution in [0.5, 0.6) is 0 Å². The van der Waals surface area contributed by atoms with Crippen LogP contribution in [0.2, 0.25) is 5.02 Å². The molecule has 0 saturated heterocycles. The van der Waals surface area contributed by atoms with Crippen LogP contribution in [0.1, 0.15) is 25.1 Å². The number of rotatable bonds is 4. The van der Waals surface area contributed by atoms with Gasteiger partial charge in [0.25, 0.3) is 0 Å². The third-order valence-electron chi connectivity index (χ3n) is 4.90. The number of amides is 1. The maximum Gasteiger partial charge on any atom is 0.229 e. The molecule has 1 aliphatic rings. The van der Waals surface area contributed by atoms with Gasteiger partial charge in [0, 0.05) is 35.2 Å². The van der Waals surface area contributed by atoms with Gasteiger partial charge in [-0.1, -0.05) is 37.6 Å². The molecule has 0 atom stereocenters. The first kappa shape index (κ1) is 18.5. The van der Waals surface area contributed by atoms with Crippen LogP contribution in [-0.4, -0.2) is 20.7 Å². The summed E-state index contributed by atoms with van der Waals surface area (Å²) >= 11 is 6.42. The number of hydrogen-bond donors (Lipinski definition) is 2. The van der Waals surface area contributed by atoms with Crippen LogP contribution in [0.15, 0.2) is 42.7 Å². The van der Waals surface area contributed by atoms with Gasteiger partial charge >= 0.3 is 0 Å². The van der Waals surface area contributed by atoms with Gasteiger partial charge in [0.1, 0.15) is 5.82 Å². The number of nitrogens with one attached hydrogen (secondary N) is 1. The lowest BCUT2D eigenvalue weighted by molar-refractivity contribution is -0.115. The smallest absolute Gasteiger partial charge is 0.229 e. The maximum atomic E-state index is 12.4. The number of carbonyl (C=O) groups excluding carboxylic acids is 1. The molecule has 4 rings (SSSR count). The topological polar surface area (TPSA) is 85.8 Å². The fraction of sp³-hybridized carbons (Fsp3) is 0.286. The van der Waals surface area contributed by atoms with Gasteiger partial charge in [-0.25, -0.2) is 4.98 Å². The van der Waals surface area contributed by atoms with Crippen molar-refractivity contribution in [3.05, 3.63) is 59.0 Å². The Morgan fingerprint density at radius 3 is 2.89 bits per heavy atom. The Bertz CT molecular complexity index is 1060. The molecule has 0 saturated carbocycles. The molecule has 0 spiro atoms. The molecular formula is C21H22ClN5O. The van der Waals surface area contributed by atoms with Gasteiger partial charge < -0.3 is 11.1 Å². The number of hydrogen-bond acceptors (Lipinski definition) is 4. The fourth-order valence-corrected chi connectivity index (χ4v) is 3.87. The van der Waals surface area contributed by atoms with Crippen molar-refractivity contribution in [1.29, 1.82) is 0 Å². The third kappa shape index (κ3) is 3.73. The van der Waals surface area contributed by atoms with Crippen molar-refractivity contribution >= 4 is 29.0 Å². The molecule has 3 aromatic rings. The summed E-state index contributed by atoms with van der Waals surface area (Å²) in [6.45, 7) is 5.33. The summed E-state index contributed by atoms with van der Waals surface area (Å²) in [7, 11) is 0. The number of halogens is 1. The largest absolute Gasteiger partial charge is 0.399 e. The normalized spacial score (nSPS) is 14.7. The number of pyridine rings is 1. The molecule has 7 heteroatoms. The van der Waals surface area contributed by atoms with E-state index in [9.17, 15) is 4.79 Å². The molecule has 0 bridgehead atoms. The zero-order chi connectivity index (χ0) is 19.9. The van der Waals surface area contributed by atoms with Gasteiger partial charge in [-0.3, -0.25) is 9.48 Å². The number of nitrogens with zero attached hydrogens (tertiary/aromatic N) is 3. The van der Waals surface area contributed by atoms with Crippen molar-refractivity contribution in [2.75, 3.05) is 11.1 Å². The molecule has 6 nitrogen and oxygen atoms in total. The summed E-state index contributed by atoms with van der Waals surface area (Å²) < 4.78 is 2.03. The van der Waals surface area contributed by atoms with Crippen molar-refractivity contribution in [2.45, 2.75) is 33.2 Å². The van der Waals surface area contributed by atoms with Gasteiger partial charge in [-0.15, -0.1) is 0 Å². The minimum atomic E-state index is -0.159. The minimum absolute atomic E-state index is 0.159. The molecule has 3 heterocycles. The highest BCUT2D eigenvalue weighted by Gasteiger charge is 2.32. The van der Waals surface area contributed by atoms with Crippen molar-refractivity contribution < 1.29 is 4.79 Å². The van der Waals surface area contributed by atoms with Crippen LogP contribution in [-0.2, 0) is 24.2 Å². The molecular weight excluding hydrogens is 374 g/mol. The average molecular weight is 396 g/mol. The van der Waals surface area contributed by atoms with Crippen LogP contribution >= 0.6 is 11.6 Å². The first-order valence-corrected chi connectivity index (χ1v) is 9.53. The number of benzene rings is 1. The predicted octanol–water partition coefficient (Wildman–Crippen LogP) is 3.94. The van der Waals surface area contributed by atoms with Crippen LogP contribution in [0.3, 0.4) is 0 Å². The summed E-state index contributed by atoms with van der Waals surface area (Å²) in [6, 6.07) is 9.09. The van der Waals surface area contributed by atoms with Crippen molar-refractivity contribution in [3.8, 4) is 11.1 Å². The Balaban J connectivity index is 1.56. The first-order valence-electron chi connectivity index (χ1n) is 9.16. The second-order valence-corrected chi connectivity index (χ2v) is 8.43. The van der Waals surface area contributed by atoms with Crippen molar-refractivity contribution in [3.63, 3.8) is 0 Å². The summed E-state index contributed by atoms with van der Waals surface area (Å²) in [6.07, 6.45) is 4.56. The number of carbonyl (C=O) groups is 1. The summed E-state index contributed by atoms with van der Waals surface area (Å²) in [5.41, 5.74) is 10.4. The number of fused-ring (bicyclic) bond motifs is 1. The van der Waals surface area contributed by atoms with Gasteiger partial charge in [-0.05, 0) is 35.6 Å². The second-order valence-electron chi connectivity index (χ2n) is 8.02. The van der Waals surface area contributed by atoms with E-state index in [-0.39, 0.29) is 17.7 Å². The molecule has 0 radical (unpaired) electrons. The van der Waals surface area contributed by atoms with E-state index in [4.69, 9.17) is 17.3 Å². The molecule has 144 valence electrons. The van der Waals surface area contributed by atoms with Crippen LogP contribution < -0.4 is 11.1 Å². The van der Waals surface area contributed by atoms with E-state index in [1.165, 1.54) is 0 Å². The van der Waals surface area contributed by atoms with Crippen LogP contribution in [0.4, 0.5) is 11.5 Å². The molecule has 28 heavy (non-hydrogen) atoms. The zero-order valence-corrected chi connectivity index (χ0v) is 16.6. The summed E-state index contributed by atoms with van der Waals surface area (Å²) in [4.78, 5) is 16.7. The van der Waals surface area contributed by atoms with Gasteiger partial charge in [0.05, 0.1) is 17.6 Å². The predicted molar refractivity (Wildman–Crippen MR) is 111 cm³/mol. The lowest BCUT2D eigenvalue weighted by atomic mass is 9.89. The van der Waals surface area contributed by atoms with E-state index in [0.717, 1.165) is 35.3 Å². The average Bonchev–Trinajstić information content (AvgIpc) is 3.11. The van der Waals surface area contributed by atoms with E-state index in [0.29, 0.717) is 16.5 Å². The fourth-order valence-electron chi connectivity index (χ4n) is 3.66. The number of aromatic nitrogens is 3. The molecule has 1 aromatic carbocycles. The molecule has 1 amide bonds. The Hall–Kier alpha value is -2.86. The zero-order valence-electron chi connectivity index (χ0n) is 15.9. The molecule has 0 unspecified atom stereocenters. The molecule has 0 fully saturated rings. The van der Waals surface area contributed by atoms with E-state index in [2.05, 4.69) is 29.2 Å². The standard InChI is InChI=1S/C21H22ClN5O/c1-21(2)9-18-16(10-25-27(18)12-21)15-8-19(24-11-17(15)22)26-20(28)7-13-4-3-5-14(23)6-13/h3-6,8,10-11H,7,9,12,23H2,1-2H3,(H,24,26,28). The van der Waals surface area contributed by atoms with Gasteiger partial charge in [0.2, 0.25) is 5.91 Å². The number of anilines is 2. The molecule has 0 aliphatic carbocycles. The van der Waals surface area contributed by atoms with E-state index in [1.807, 2.05) is 29.1 Å². The Labute approximate surface area is 168 Å². The van der Waals surface area contributed by atoms with E-state index < -0.39 is 0 Å². The third-order valence-corrected chi connectivity index (χ3v) is 5.20. The number of nitrogens with two attached hydrogens (primary N) is 1. The van der Waals surface area contributed by atoms with Crippen molar-refractivity contribution in [1.82, 2.24) is 14.8 Å². The highest BCUT2D eigenvalue weighted by molar-refractivity contribution is 6.33. The van der Waals surface area contributed by atoms with Crippen molar-refractivity contribution in [2.24, 2.45) is 5.41 Å². The minimum Gasteiger partial charge on any atom is -0.399 e. The Kier molecular flexibility index (Phi) is 4.59. The van der Waals surface area contributed by atoms with E-state index >= 15 is 0 Å². The van der Waals surface area contributed by atoms with Crippen LogP contribution in [0.25, 0.3) is 11.1 Å². The molecule has 3 N–H and O–H groups in total. The second kappa shape index (κ2) is 6.95. The first-order chi connectivity index (χ1) is 13.3. The molecule has 2 aromatic heterocycles. The highest BCUT2D eigenvalue weighted by atomic mass is 35.5. The van der Waals surface area contributed by atoms with Crippen LogP contribution in [0, 0.1) is 5.41 Å². The lowest BCUT2D eigenvalue weighted by Crippen LogP contribution is -2.15. The van der Waals surface area contributed by atoms with Gasteiger partial charge in [-0.2, -0.15) is 5.10 Å². The lowest BCUT2D eigenvalue weighted by Gasteiger charge is -2.14. The SMILES string of the molecule is CC1(C)Cc2c(-c3cc(NC(=O)Cc4cccc(N)c4)ncc3Cl)cnn2C1.